The van der Waals surface area contributed by atoms with Gasteiger partial charge in [-0.3, -0.25) is 4.79 Å². The van der Waals surface area contributed by atoms with Gasteiger partial charge in [0.25, 0.3) is 5.91 Å². The Bertz CT molecular complexity index is 655. The maximum atomic E-state index is 12.0. The van der Waals surface area contributed by atoms with Crippen molar-refractivity contribution < 1.29 is 14.3 Å². The van der Waals surface area contributed by atoms with Crippen molar-refractivity contribution in [3.8, 4) is 11.5 Å². The minimum Gasteiger partial charge on any atom is -0.492 e. The molecule has 0 aliphatic heterocycles. The fraction of sp³-hybridized carbons (Fsp3) is 0.316. The lowest BCUT2D eigenvalue weighted by Gasteiger charge is -2.16. The zero-order chi connectivity index (χ0) is 16.7. The van der Waals surface area contributed by atoms with Gasteiger partial charge in [-0.15, -0.1) is 0 Å². The first-order chi connectivity index (χ1) is 11.1. The van der Waals surface area contributed by atoms with Gasteiger partial charge in [-0.25, -0.2) is 0 Å². The minimum atomic E-state index is -0.546. The zero-order valence-corrected chi connectivity index (χ0v) is 13.8. The van der Waals surface area contributed by atoms with E-state index in [0.717, 1.165) is 22.6 Å². The Balaban J connectivity index is 1.73. The molecular formula is C19H23NO3. The van der Waals surface area contributed by atoms with E-state index in [1.54, 1.807) is 6.92 Å². The standard InChI is InChI=1S/C19H23NO3/c1-14-7-6-9-17(13-14)22-12-11-20-19(21)16(3)23-18-10-5-4-8-15(18)2/h4-10,13,16H,11-12H2,1-3H3,(H,20,21). The first kappa shape index (κ1) is 16.9. The molecule has 1 atom stereocenters. The lowest BCUT2D eigenvalue weighted by molar-refractivity contribution is -0.127. The van der Waals surface area contributed by atoms with E-state index in [9.17, 15) is 4.79 Å². The van der Waals surface area contributed by atoms with E-state index >= 15 is 0 Å². The topological polar surface area (TPSA) is 47.6 Å². The summed E-state index contributed by atoms with van der Waals surface area (Å²) in [5, 5.41) is 2.82. The third-order valence-electron chi connectivity index (χ3n) is 3.43. The van der Waals surface area contributed by atoms with Crippen LogP contribution in [-0.4, -0.2) is 25.2 Å². The highest BCUT2D eigenvalue weighted by molar-refractivity contribution is 5.80. The van der Waals surface area contributed by atoms with E-state index in [1.807, 2.05) is 62.4 Å². The van der Waals surface area contributed by atoms with Crippen LogP contribution in [0.4, 0.5) is 0 Å². The Morgan fingerprint density at radius 1 is 1.13 bits per heavy atom. The van der Waals surface area contributed by atoms with E-state index < -0.39 is 6.10 Å². The lowest BCUT2D eigenvalue weighted by atomic mass is 10.2. The van der Waals surface area contributed by atoms with Crippen LogP contribution in [0.25, 0.3) is 0 Å². The molecule has 0 saturated carbocycles. The monoisotopic (exact) mass is 313 g/mol. The largest absolute Gasteiger partial charge is 0.492 e. The number of hydrogen-bond acceptors (Lipinski definition) is 3. The average molecular weight is 313 g/mol. The SMILES string of the molecule is Cc1cccc(OCCNC(=O)C(C)Oc2ccccc2C)c1. The average Bonchev–Trinajstić information content (AvgIpc) is 2.53. The van der Waals surface area contributed by atoms with Gasteiger partial charge in [0.15, 0.2) is 6.10 Å². The number of rotatable bonds is 7. The van der Waals surface area contributed by atoms with Gasteiger partial charge in [0.2, 0.25) is 0 Å². The molecule has 1 amide bonds. The highest BCUT2D eigenvalue weighted by Gasteiger charge is 2.14. The molecule has 0 aromatic heterocycles. The van der Waals surface area contributed by atoms with Crippen molar-refractivity contribution in [2.45, 2.75) is 26.9 Å². The van der Waals surface area contributed by atoms with Gasteiger partial charge in [0, 0.05) is 0 Å². The van der Waals surface area contributed by atoms with E-state index in [0.29, 0.717) is 13.2 Å². The Morgan fingerprint density at radius 2 is 1.91 bits per heavy atom. The quantitative estimate of drug-likeness (QED) is 0.798. The summed E-state index contributed by atoms with van der Waals surface area (Å²) in [7, 11) is 0. The van der Waals surface area contributed by atoms with Gasteiger partial charge in [-0.05, 0) is 50.1 Å². The number of carbonyl (C=O) groups excluding carboxylic acids is 1. The van der Waals surface area contributed by atoms with Crippen molar-refractivity contribution in [3.63, 3.8) is 0 Å². The molecule has 0 radical (unpaired) electrons. The van der Waals surface area contributed by atoms with Crippen LogP contribution in [0.3, 0.4) is 0 Å². The second kappa shape index (κ2) is 8.22. The summed E-state index contributed by atoms with van der Waals surface area (Å²) in [5.74, 6) is 1.38. The molecule has 1 unspecified atom stereocenters. The van der Waals surface area contributed by atoms with Gasteiger partial charge >= 0.3 is 0 Å². The van der Waals surface area contributed by atoms with Crippen molar-refractivity contribution in [1.82, 2.24) is 5.32 Å². The number of para-hydroxylation sites is 1. The van der Waals surface area contributed by atoms with Crippen LogP contribution < -0.4 is 14.8 Å². The first-order valence-corrected chi connectivity index (χ1v) is 7.76. The molecule has 4 nitrogen and oxygen atoms in total. The van der Waals surface area contributed by atoms with E-state index in [-0.39, 0.29) is 5.91 Å². The minimum absolute atomic E-state index is 0.152. The first-order valence-electron chi connectivity index (χ1n) is 7.76. The van der Waals surface area contributed by atoms with Crippen LogP contribution in [0.1, 0.15) is 18.1 Å². The van der Waals surface area contributed by atoms with Crippen LogP contribution in [0.2, 0.25) is 0 Å². The second-order valence-corrected chi connectivity index (χ2v) is 5.48. The number of nitrogens with one attached hydrogen (secondary N) is 1. The highest BCUT2D eigenvalue weighted by Crippen LogP contribution is 2.17. The Hall–Kier alpha value is -2.49. The number of aryl methyl sites for hydroxylation is 2. The Labute approximate surface area is 137 Å². The number of hydrogen-bond donors (Lipinski definition) is 1. The third-order valence-corrected chi connectivity index (χ3v) is 3.43. The molecule has 0 aliphatic carbocycles. The summed E-state index contributed by atoms with van der Waals surface area (Å²) in [5.41, 5.74) is 2.15. The molecule has 2 rings (SSSR count). The lowest BCUT2D eigenvalue weighted by Crippen LogP contribution is -2.38. The molecule has 1 N–H and O–H groups in total. The molecule has 0 bridgehead atoms. The van der Waals surface area contributed by atoms with Gasteiger partial charge in [-0.2, -0.15) is 0 Å². The van der Waals surface area contributed by atoms with Crippen LogP contribution in [0.5, 0.6) is 11.5 Å². The van der Waals surface area contributed by atoms with Crippen LogP contribution in [-0.2, 0) is 4.79 Å². The smallest absolute Gasteiger partial charge is 0.260 e. The van der Waals surface area contributed by atoms with Crippen LogP contribution in [0, 0.1) is 13.8 Å². The zero-order valence-electron chi connectivity index (χ0n) is 13.8. The molecule has 122 valence electrons. The molecule has 0 heterocycles. The van der Waals surface area contributed by atoms with E-state index in [2.05, 4.69) is 5.32 Å². The Morgan fingerprint density at radius 3 is 2.65 bits per heavy atom. The molecule has 0 saturated heterocycles. The highest BCUT2D eigenvalue weighted by atomic mass is 16.5. The van der Waals surface area contributed by atoms with Crippen LogP contribution in [0.15, 0.2) is 48.5 Å². The number of ether oxygens (including phenoxy) is 2. The van der Waals surface area contributed by atoms with Gasteiger partial charge in [-0.1, -0.05) is 30.3 Å². The molecule has 0 spiro atoms. The van der Waals surface area contributed by atoms with Crippen molar-refractivity contribution in [1.29, 1.82) is 0 Å². The fourth-order valence-corrected chi connectivity index (χ4v) is 2.12. The van der Waals surface area contributed by atoms with Crippen molar-refractivity contribution in [3.05, 3.63) is 59.7 Å². The summed E-state index contributed by atoms with van der Waals surface area (Å²) in [6.07, 6.45) is -0.546. The van der Waals surface area contributed by atoms with Crippen molar-refractivity contribution in [2.75, 3.05) is 13.2 Å². The number of amides is 1. The van der Waals surface area contributed by atoms with Gasteiger partial charge < -0.3 is 14.8 Å². The number of carbonyl (C=O) groups is 1. The summed E-state index contributed by atoms with van der Waals surface area (Å²) >= 11 is 0. The summed E-state index contributed by atoms with van der Waals surface area (Å²) in [6.45, 7) is 6.57. The van der Waals surface area contributed by atoms with Gasteiger partial charge in [0.05, 0.1) is 6.54 Å². The molecule has 0 aliphatic rings. The molecule has 23 heavy (non-hydrogen) atoms. The predicted octanol–water partition coefficient (Wildman–Crippen LogP) is 3.27. The second-order valence-electron chi connectivity index (χ2n) is 5.48. The van der Waals surface area contributed by atoms with Gasteiger partial charge in [0.1, 0.15) is 18.1 Å². The number of benzene rings is 2. The normalized spacial score (nSPS) is 11.6. The molecule has 0 fully saturated rings. The summed E-state index contributed by atoms with van der Waals surface area (Å²) < 4.78 is 11.3. The van der Waals surface area contributed by atoms with E-state index in [1.165, 1.54) is 0 Å². The fourth-order valence-electron chi connectivity index (χ4n) is 2.12. The van der Waals surface area contributed by atoms with Crippen molar-refractivity contribution in [2.24, 2.45) is 0 Å². The molecule has 2 aromatic rings. The summed E-state index contributed by atoms with van der Waals surface area (Å²) in [6, 6.07) is 15.5. The maximum Gasteiger partial charge on any atom is 0.260 e. The molecule has 2 aromatic carbocycles. The van der Waals surface area contributed by atoms with Crippen LogP contribution >= 0.6 is 0 Å². The van der Waals surface area contributed by atoms with E-state index in [4.69, 9.17) is 9.47 Å². The van der Waals surface area contributed by atoms with Crippen molar-refractivity contribution >= 4 is 5.91 Å². The Kier molecular flexibility index (Phi) is 6.03. The summed E-state index contributed by atoms with van der Waals surface area (Å²) in [4.78, 5) is 12.0. The predicted molar refractivity (Wildman–Crippen MR) is 91.0 cm³/mol. The molecule has 4 heteroatoms. The molecular weight excluding hydrogens is 290 g/mol. The third kappa shape index (κ3) is 5.33. The maximum absolute atomic E-state index is 12.0.